The smallest absolute Gasteiger partial charge is 0.406 e. The second-order valence-electron chi connectivity index (χ2n) is 37.4. The van der Waals surface area contributed by atoms with E-state index in [1.807, 2.05) is 55.4 Å². The summed E-state index contributed by atoms with van der Waals surface area (Å²) in [6.45, 7) is 36.3. The molecule has 0 saturated carbocycles. The molecule has 0 bridgehead atoms. The fourth-order valence-corrected chi connectivity index (χ4v) is 25.1. The highest BCUT2D eigenvalue weighted by molar-refractivity contribution is 7.52. The fraction of sp³-hybridized carbons (Fsp3) is 0.700. The zero-order valence-electron chi connectivity index (χ0n) is 78.7. The molecular formula is C80H120Cl4N24O24P4. The Balaban J connectivity index is 0.000000153. The van der Waals surface area contributed by atoms with Crippen LogP contribution in [0.4, 0.5) is 23.3 Å². The van der Waals surface area contributed by atoms with Crippen LogP contribution in [0.1, 0.15) is 163 Å². The average Bonchev–Trinajstić information content (AvgIpc) is 1.59. The lowest BCUT2D eigenvalue weighted by molar-refractivity contribution is -0.149. The maximum Gasteiger partial charge on any atom is 0.406 e. The number of carbonyl (C=O) groups excluding carboxylic acids is 4. The molecule has 8 saturated heterocycles. The Morgan fingerprint density at radius 1 is 0.346 bits per heavy atom. The summed E-state index contributed by atoms with van der Waals surface area (Å²) in [5, 5.41) is 11.7. The SMILES string of the molecule is CC(C)C(=O)OC[C@@H](NP1(=O)OC[C@H]2O[C@@H](n3cnc4c(N)ncnc43)[C@](C)(Cl)[C@@H]2O1)C(C)C.CC(C)C(=O)OC[C@@H](N[P@@]1(=O)OC[C@H]2O[C@@H](n3cnc4c(N)ncnc43)[C@](C)(Cl)[C@@H]2O1)C(C)C.CC(C)C(=O)OC[C@H](N[P@@]1(=O)OC[C@H]2O[C@@H](n3cnc4c(N)ncnc43)[C@](C)(Cl)[C@@H]2O1)C(C)C.CC(C)C(=O)OC[C@H](N[P@]1(=O)OC[C@H]2O[C@@H](n3cnc4c(N)ncnc43)[C@](C)(Cl)[C@@H]2O1)C(C)C. The van der Waals surface area contributed by atoms with Crippen molar-refractivity contribution in [3.05, 3.63) is 50.6 Å². The molecule has 8 aromatic heterocycles. The lowest BCUT2D eigenvalue weighted by atomic mass is 10.0. The van der Waals surface area contributed by atoms with E-state index >= 15 is 0 Å². The molecule has 1 unspecified atom stereocenters. The zero-order chi connectivity index (χ0) is 99.3. The molecule has 48 nitrogen and oxygen atoms in total. The van der Waals surface area contributed by atoms with Crippen LogP contribution in [0.25, 0.3) is 44.7 Å². The number of anilines is 4. The topological polar surface area (TPSA) is 611 Å². The molecule has 12 N–H and O–H groups in total. The van der Waals surface area contributed by atoms with Crippen LogP contribution in [0.3, 0.4) is 0 Å². The first-order valence-electron chi connectivity index (χ1n) is 44.3. The molecule has 0 aromatic carbocycles. The Morgan fingerprint density at radius 2 is 0.529 bits per heavy atom. The molecule has 136 heavy (non-hydrogen) atoms. The molecule has 8 aliphatic rings. The highest BCUT2D eigenvalue weighted by atomic mass is 35.5. The Labute approximate surface area is 804 Å². The number of nitrogens with one attached hydrogen (secondary N) is 4. The van der Waals surface area contributed by atoms with Gasteiger partial charge in [0.15, 0.2) is 70.8 Å². The first kappa shape index (κ1) is 106. The number of nitrogen functional groups attached to an aromatic ring is 4. The van der Waals surface area contributed by atoms with Gasteiger partial charge in [-0.15, -0.1) is 46.4 Å². The molecule has 0 aliphatic carbocycles. The number of hydrogen-bond acceptors (Lipinski definition) is 40. The predicted molar refractivity (Wildman–Crippen MR) is 496 cm³/mol. The van der Waals surface area contributed by atoms with Crippen LogP contribution in [0.15, 0.2) is 50.6 Å². The Bertz CT molecular complexity index is 5130. The van der Waals surface area contributed by atoms with Gasteiger partial charge in [-0.3, -0.25) is 73.6 Å². The van der Waals surface area contributed by atoms with Gasteiger partial charge in [-0.2, -0.15) is 0 Å². The van der Waals surface area contributed by atoms with E-state index in [-0.39, 0.29) is 147 Å². The number of fused-ring (bicyclic) bond motifs is 8. The van der Waals surface area contributed by atoms with Gasteiger partial charge in [0.05, 0.1) is 99.6 Å². The van der Waals surface area contributed by atoms with E-state index in [0.29, 0.717) is 44.7 Å². The summed E-state index contributed by atoms with van der Waals surface area (Å²) in [5.41, 5.74) is 27.1. The van der Waals surface area contributed by atoms with Crippen LogP contribution in [0.5, 0.6) is 0 Å². The van der Waals surface area contributed by atoms with Crippen molar-refractivity contribution in [1.29, 1.82) is 0 Å². The highest BCUT2D eigenvalue weighted by Crippen LogP contribution is 2.63. The second-order valence-corrected chi connectivity index (χ2v) is 47.5. The van der Waals surface area contributed by atoms with Crippen molar-refractivity contribution >= 4 is 169 Å². The molecule has 8 aliphatic heterocycles. The molecule has 0 radical (unpaired) electrons. The Kier molecular flexibility index (Phi) is 32.8. The number of imidazole rings is 4. The molecule has 56 heteroatoms. The summed E-state index contributed by atoms with van der Waals surface area (Å²) in [7, 11) is -15.2. The van der Waals surface area contributed by atoms with Crippen molar-refractivity contribution in [2.24, 2.45) is 47.3 Å². The minimum atomic E-state index is -3.79. The standard InChI is InChI=1S/4C20H30ClN6O6P/c4*1-10(2)12(6-30-18(28)11(3)4)26-34(29)31-7-13-15(33-34)20(5,21)19(32-13)27-9-25-14-16(22)23-8-24-17(14)27/h4*8-13,15,19H,6-7H2,1-5H3,(H,26,29)(H2,22,23,24)/t12-,13+,15+,19+,20+,34+;12-,13+,15+,19+,20+,34-;12-,13-,15-,19-,20-,34?;12-,13-,15-,19-,20-,34-/m0011/s1. The largest absolute Gasteiger partial charge is 0.464 e. The van der Waals surface area contributed by atoms with Gasteiger partial charge in [-0.1, -0.05) is 111 Å². The first-order valence-corrected chi connectivity index (χ1v) is 52.0. The fourth-order valence-electron chi connectivity index (χ4n) is 15.6. The maximum absolute atomic E-state index is 13.5. The summed E-state index contributed by atoms with van der Waals surface area (Å²) in [4.78, 5) is 92.9. The molecule has 16 rings (SSSR count). The number of carbonyl (C=O) groups is 4. The molecule has 24 atom stereocenters. The monoisotopic (exact) mass is 2060 g/mol. The van der Waals surface area contributed by atoms with Crippen molar-refractivity contribution in [2.45, 2.75) is 256 Å². The molecular weight excluding hydrogens is 1950 g/mol. The van der Waals surface area contributed by atoms with Crippen molar-refractivity contribution in [2.75, 3.05) is 75.8 Å². The third-order valence-electron chi connectivity index (χ3n) is 23.9. The van der Waals surface area contributed by atoms with Crippen molar-refractivity contribution in [3.8, 4) is 0 Å². The normalized spacial score (nSPS) is 32.3. The van der Waals surface area contributed by atoms with E-state index in [9.17, 15) is 37.4 Å². The van der Waals surface area contributed by atoms with Crippen LogP contribution in [-0.4, -0.2) is 247 Å². The number of esters is 4. The molecule has 0 spiro atoms. The van der Waals surface area contributed by atoms with Crippen molar-refractivity contribution < 1.29 is 112 Å². The average molecular weight is 2070 g/mol. The van der Waals surface area contributed by atoms with Gasteiger partial charge in [0.25, 0.3) is 0 Å². The summed E-state index contributed by atoms with van der Waals surface area (Å²) in [6, 6.07) is -1.83. The van der Waals surface area contributed by atoms with Gasteiger partial charge in [0.2, 0.25) is 0 Å². The highest BCUT2D eigenvalue weighted by Gasteiger charge is 2.65. The van der Waals surface area contributed by atoms with E-state index in [1.165, 1.54) is 50.6 Å². The molecule has 8 fully saturated rings. The van der Waals surface area contributed by atoms with Gasteiger partial charge in [-0.05, 0) is 51.4 Å². The number of alkyl halides is 4. The maximum atomic E-state index is 13.5. The van der Waals surface area contributed by atoms with Crippen LogP contribution in [-0.2, 0) is 112 Å². The number of ether oxygens (including phenoxy) is 8. The summed E-state index contributed by atoms with van der Waals surface area (Å²) >= 11 is 27.8. The van der Waals surface area contributed by atoms with E-state index in [4.69, 9.17) is 143 Å². The van der Waals surface area contributed by atoms with Crippen molar-refractivity contribution in [1.82, 2.24) is 98.4 Å². The van der Waals surface area contributed by atoms with Gasteiger partial charge in [0, 0.05) is 0 Å². The van der Waals surface area contributed by atoms with Crippen LogP contribution < -0.4 is 43.3 Å². The molecule has 8 aromatic rings. The minimum Gasteiger partial charge on any atom is -0.464 e. The number of halogens is 4. The second kappa shape index (κ2) is 42.1. The predicted octanol–water partition coefficient (Wildman–Crippen LogP) is 10.6. The van der Waals surface area contributed by atoms with Crippen molar-refractivity contribution in [3.63, 3.8) is 0 Å². The van der Waals surface area contributed by atoms with E-state index < -0.39 is 148 Å². The summed E-state index contributed by atoms with van der Waals surface area (Å²) in [6.07, 6.45) is 3.05. The number of hydrogen-bond donors (Lipinski definition) is 8. The van der Waals surface area contributed by atoms with E-state index in [0.717, 1.165) is 0 Å². The number of rotatable bonds is 28. The Morgan fingerprint density at radius 3 is 0.699 bits per heavy atom. The van der Waals surface area contributed by atoms with Gasteiger partial charge >= 0.3 is 54.9 Å². The summed E-state index contributed by atoms with van der Waals surface area (Å²) in [5.74, 6) is -1.56. The quantitative estimate of drug-likeness (QED) is 0.00977. The number of nitrogens with two attached hydrogens (primary N) is 4. The molecule has 0 amide bonds. The third-order valence-corrected chi connectivity index (χ3v) is 32.1. The lowest BCUT2D eigenvalue weighted by Crippen LogP contribution is -2.47. The number of nitrogens with zero attached hydrogens (tertiary/aromatic N) is 16. The van der Waals surface area contributed by atoms with E-state index in [1.54, 1.807) is 101 Å². The van der Waals surface area contributed by atoms with Gasteiger partial charge in [-0.25, -0.2) is 98.4 Å². The Hall–Kier alpha value is -7.28. The number of aromatic nitrogens is 16. The molecule has 16 heterocycles. The van der Waals surface area contributed by atoms with Gasteiger partial charge < -0.3 is 60.8 Å². The lowest BCUT2D eigenvalue weighted by Gasteiger charge is -2.37. The first-order chi connectivity index (χ1) is 63.7. The van der Waals surface area contributed by atoms with Gasteiger partial charge in [0.1, 0.15) is 142 Å². The molecule has 752 valence electrons. The third kappa shape index (κ3) is 22.7. The van der Waals surface area contributed by atoms with E-state index in [2.05, 4.69) is 80.2 Å². The minimum absolute atomic E-state index is 0.00585. The summed E-state index contributed by atoms with van der Waals surface area (Å²) < 4.78 is 153. The van der Waals surface area contributed by atoms with Crippen LogP contribution >= 0.6 is 77.4 Å². The zero-order valence-corrected chi connectivity index (χ0v) is 85.3. The van der Waals surface area contributed by atoms with Crippen LogP contribution in [0.2, 0.25) is 0 Å². The van der Waals surface area contributed by atoms with Crippen LogP contribution in [0, 0.1) is 47.3 Å².